The van der Waals surface area contributed by atoms with Gasteiger partial charge in [-0.25, -0.2) is 0 Å². The topological polar surface area (TPSA) is 38.3 Å². The third-order valence-electron chi connectivity index (χ3n) is 2.31. The highest BCUT2D eigenvalue weighted by Crippen LogP contribution is 2.23. The van der Waals surface area contributed by atoms with Gasteiger partial charge in [0.25, 0.3) is 0 Å². The summed E-state index contributed by atoms with van der Waals surface area (Å²) in [7, 11) is 0. The van der Waals surface area contributed by atoms with Gasteiger partial charge in [-0.3, -0.25) is 4.79 Å². The highest BCUT2D eigenvalue weighted by atomic mass is 35.5. The Morgan fingerprint density at radius 1 is 1.16 bits per heavy atom. The number of amides is 1. The number of benzene rings is 1. The average Bonchev–Trinajstić information content (AvgIpc) is 2.17. The second kappa shape index (κ2) is 5.83. The molecule has 0 fully saturated rings. The van der Waals surface area contributed by atoms with Crippen molar-refractivity contribution in [1.82, 2.24) is 5.32 Å². The Morgan fingerprint density at radius 2 is 1.68 bits per heavy atom. The minimum absolute atomic E-state index is 0.0218. The molecule has 0 atom stereocenters. The molecule has 4 heteroatoms. The largest absolute Gasteiger partial charge is 0.487 e. The van der Waals surface area contributed by atoms with Gasteiger partial charge in [0.05, 0.1) is 6.42 Å². The molecule has 0 radical (unpaired) electrons. The minimum Gasteiger partial charge on any atom is -0.487 e. The predicted octanol–water partition coefficient (Wildman–Crippen LogP) is 3.80. The smallest absolute Gasteiger partial charge is 0.224 e. The fraction of sp³-hybridized carbons (Fsp3) is 0.533. The molecule has 1 rings (SSSR count). The number of hydrogen-bond acceptors (Lipinski definition) is 2. The second-order valence-corrected chi connectivity index (χ2v) is 6.73. The molecule has 106 valence electrons. The lowest BCUT2D eigenvalue weighted by Crippen LogP contribution is -2.44. The molecule has 3 nitrogen and oxygen atoms in total. The fourth-order valence-electron chi connectivity index (χ4n) is 1.71. The lowest BCUT2D eigenvalue weighted by Gasteiger charge is -2.28. The van der Waals surface area contributed by atoms with Gasteiger partial charge in [-0.05, 0) is 58.9 Å². The third kappa shape index (κ3) is 6.48. The van der Waals surface area contributed by atoms with Gasteiger partial charge in [0.2, 0.25) is 5.91 Å². The van der Waals surface area contributed by atoms with Crippen LogP contribution in [-0.4, -0.2) is 17.0 Å². The van der Waals surface area contributed by atoms with E-state index in [2.05, 4.69) is 5.32 Å². The summed E-state index contributed by atoms with van der Waals surface area (Å²) >= 11 is 5.82. The summed E-state index contributed by atoms with van der Waals surface area (Å²) in [5, 5.41) is 3.59. The van der Waals surface area contributed by atoms with Crippen molar-refractivity contribution in [2.24, 2.45) is 0 Å². The molecule has 0 unspecified atom stereocenters. The molecule has 0 saturated heterocycles. The van der Waals surface area contributed by atoms with Gasteiger partial charge >= 0.3 is 0 Å². The van der Waals surface area contributed by atoms with Gasteiger partial charge in [-0.2, -0.15) is 0 Å². The number of rotatable bonds is 4. The second-order valence-electron chi connectivity index (χ2n) is 6.29. The first-order valence-corrected chi connectivity index (χ1v) is 6.71. The third-order valence-corrected chi connectivity index (χ3v) is 2.56. The zero-order valence-corrected chi connectivity index (χ0v) is 13.0. The van der Waals surface area contributed by atoms with E-state index < -0.39 is 5.60 Å². The summed E-state index contributed by atoms with van der Waals surface area (Å²) in [6.07, 6.45) is 0.299. The summed E-state index contributed by atoms with van der Waals surface area (Å²) < 4.78 is 5.82. The van der Waals surface area contributed by atoms with Crippen LogP contribution in [0.4, 0.5) is 0 Å². The van der Waals surface area contributed by atoms with Crippen molar-refractivity contribution in [1.29, 1.82) is 0 Å². The summed E-state index contributed by atoms with van der Waals surface area (Å²) in [5.74, 6) is 0.685. The van der Waals surface area contributed by atoms with E-state index in [-0.39, 0.29) is 11.4 Å². The van der Waals surface area contributed by atoms with Crippen LogP contribution >= 0.6 is 11.6 Å². The molecule has 0 aliphatic rings. The number of halogens is 1. The first kappa shape index (κ1) is 15.8. The molecule has 1 N–H and O–H groups in total. The Balaban J connectivity index is 2.61. The fourth-order valence-corrected chi connectivity index (χ4v) is 1.83. The molecule has 19 heavy (non-hydrogen) atoms. The zero-order chi connectivity index (χ0) is 14.7. The Bertz CT molecular complexity index is 432. The number of hydrogen-bond donors (Lipinski definition) is 1. The van der Waals surface area contributed by atoms with Gasteiger partial charge < -0.3 is 10.1 Å². The molecule has 1 aromatic carbocycles. The number of carbonyl (C=O) groups is 1. The molecular weight excluding hydrogens is 262 g/mol. The Hall–Kier alpha value is -1.22. The van der Waals surface area contributed by atoms with Crippen molar-refractivity contribution in [2.45, 2.75) is 52.2 Å². The molecular formula is C15H22ClNO2. The van der Waals surface area contributed by atoms with E-state index in [0.717, 1.165) is 0 Å². The molecule has 1 aromatic rings. The molecule has 0 spiro atoms. The van der Waals surface area contributed by atoms with Gasteiger partial charge in [0, 0.05) is 10.6 Å². The van der Waals surface area contributed by atoms with Gasteiger partial charge in [-0.15, -0.1) is 0 Å². The van der Waals surface area contributed by atoms with Crippen molar-refractivity contribution < 1.29 is 9.53 Å². The number of nitrogens with one attached hydrogen (secondary N) is 1. The summed E-state index contributed by atoms with van der Waals surface area (Å²) in [5.41, 5.74) is -0.795. The van der Waals surface area contributed by atoms with Crippen molar-refractivity contribution in [3.05, 3.63) is 29.3 Å². The summed E-state index contributed by atoms with van der Waals surface area (Å²) in [4.78, 5) is 11.9. The quantitative estimate of drug-likeness (QED) is 0.913. The van der Waals surface area contributed by atoms with Crippen LogP contribution in [0, 0.1) is 0 Å². The van der Waals surface area contributed by atoms with E-state index in [1.54, 1.807) is 24.3 Å². The Kier molecular flexibility index (Phi) is 4.86. The van der Waals surface area contributed by atoms with Crippen LogP contribution in [0.5, 0.6) is 5.75 Å². The predicted molar refractivity (Wildman–Crippen MR) is 78.7 cm³/mol. The van der Waals surface area contributed by atoms with Crippen LogP contribution in [-0.2, 0) is 4.79 Å². The summed E-state index contributed by atoms with van der Waals surface area (Å²) in [6.45, 7) is 9.65. The van der Waals surface area contributed by atoms with Crippen molar-refractivity contribution in [3.63, 3.8) is 0 Å². The summed E-state index contributed by atoms with van der Waals surface area (Å²) in [6, 6.07) is 7.13. The molecule has 0 aliphatic heterocycles. The minimum atomic E-state index is -0.566. The maximum Gasteiger partial charge on any atom is 0.224 e. The highest BCUT2D eigenvalue weighted by molar-refractivity contribution is 6.30. The van der Waals surface area contributed by atoms with E-state index in [0.29, 0.717) is 17.2 Å². The van der Waals surface area contributed by atoms with Gasteiger partial charge in [0.15, 0.2) is 0 Å². The van der Waals surface area contributed by atoms with E-state index in [4.69, 9.17) is 16.3 Å². The molecule has 0 bridgehead atoms. The monoisotopic (exact) mass is 283 g/mol. The van der Waals surface area contributed by atoms with Crippen molar-refractivity contribution >= 4 is 17.5 Å². The van der Waals surface area contributed by atoms with E-state index in [9.17, 15) is 4.79 Å². The normalized spacial score (nSPS) is 12.1. The molecule has 0 heterocycles. The Morgan fingerprint density at radius 3 is 2.16 bits per heavy atom. The first-order chi connectivity index (χ1) is 8.57. The zero-order valence-electron chi connectivity index (χ0n) is 12.2. The van der Waals surface area contributed by atoms with Crippen LogP contribution in [0.3, 0.4) is 0 Å². The maximum absolute atomic E-state index is 11.9. The molecule has 1 amide bonds. The lowest BCUT2D eigenvalue weighted by atomic mass is 10.0. The SMILES string of the molecule is CC(C)(C)NC(=O)CC(C)(C)Oc1ccc(Cl)cc1. The van der Waals surface area contributed by atoms with Gasteiger partial charge in [-0.1, -0.05) is 11.6 Å². The van der Waals surface area contributed by atoms with E-state index >= 15 is 0 Å². The standard InChI is InChI=1S/C15H22ClNO2/c1-14(2,3)17-13(18)10-15(4,5)19-12-8-6-11(16)7-9-12/h6-9H,10H2,1-5H3,(H,17,18). The van der Waals surface area contributed by atoms with Crippen LogP contribution in [0.2, 0.25) is 5.02 Å². The molecule has 0 saturated carbocycles. The molecule has 0 aliphatic carbocycles. The average molecular weight is 284 g/mol. The van der Waals surface area contributed by atoms with Crippen LogP contribution in [0.25, 0.3) is 0 Å². The molecule has 0 aromatic heterocycles. The van der Waals surface area contributed by atoms with E-state index in [1.807, 2.05) is 34.6 Å². The van der Waals surface area contributed by atoms with Gasteiger partial charge in [0.1, 0.15) is 11.4 Å². The van der Waals surface area contributed by atoms with Crippen molar-refractivity contribution in [3.8, 4) is 5.75 Å². The van der Waals surface area contributed by atoms with Crippen molar-refractivity contribution in [2.75, 3.05) is 0 Å². The Labute approximate surface area is 120 Å². The van der Waals surface area contributed by atoms with E-state index in [1.165, 1.54) is 0 Å². The number of carbonyl (C=O) groups excluding carboxylic acids is 1. The highest BCUT2D eigenvalue weighted by Gasteiger charge is 2.26. The maximum atomic E-state index is 11.9. The van der Waals surface area contributed by atoms with Crippen LogP contribution in [0.1, 0.15) is 41.0 Å². The number of ether oxygens (including phenoxy) is 1. The van der Waals surface area contributed by atoms with Crippen LogP contribution in [0.15, 0.2) is 24.3 Å². The lowest BCUT2D eigenvalue weighted by molar-refractivity contribution is -0.125. The first-order valence-electron chi connectivity index (χ1n) is 6.33. The van der Waals surface area contributed by atoms with Crippen LogP contribution < -0.4 is 10.1 Å².